The Balaban J connectivity index is 1.77. The van der Waals surface area contributed by atoms with E-state index in [0.29, 0.717) is 11.6 Å². The Morgan fingerprint density at radius 1 is 1.25 bits per heavy atom. The SMILES string of the molecule is Cc1ccc(-c2nnco2)cc1NC(=O)/C=C/c1ccccc1Br. The molecule has 3 aromatic rings. The third-order valence-corrected chi connectivity index (χ3v) is 4.14. The maximum absolute atomic E-state index is 12.2. The third kappa shape index (κ3) is 3.78. The highest BCUT2D eigenvalue weighted by Crippen LogP contribution is 2.24. The van der Waals surface area contributed by atoms with Crippen LogP contribution in [0.1, 0.15) is 11.1 Å². The van der Waals surface area contributed by atoms with Crippen molar-refractivity contribution in [3.8, 4) is 11.5 Å². The van der Waals surface area contributed by atoms with Crippen LogP contribution in [0.4, 0.5) is 5.69 Å². The molecule has 5 nitrogen and oxygen atoms in total. The molecule has 6 heteroatoms. The van der Waals surface area contributed by atoms with E-state index in [9.17, 15) is 4.79 Å². The van der Waals surface area contributed by atoms with Crippen molar-refractivity contribution in [2.75, 3.05) is 5.32 Å². The number of nitrogens with zero attached hydrogens (tertiary/aromatic N) is 2. The molecule has 0 saturated carbocycles. The number of carbonyl (C=O) groups is 1. The number of aromatic nitrogens is 2. The standard InChI is InChI=1S/C18H14BrN3O2/c1-12-6-7-14(18-22-20-11-24-18)10-16(12)21-17(23)9-8-13-4-2-3-5-15(13)19/h2-11H,1H3,(H,21,23)/b9-8+. The number of nitrogens with one attached hydrogen (secondary N) is 1. The Morgan fingerprint density at radius 2 is 2.08 bits per heavy atom. The number of hydrogen-bond donors (Lipinski definition) is 1. The molecule has 0 bridgehead atoms. The second kappa shape index (κ2) is 7.23. The van der Waals surface area contributed by atoms with E-state index >= 15 is 0 Å². The molecular formula is C18H14BrN3O2. The van der Waals surface area contributed by atoms with Gasteiger partial charge in [-0.2, -0.15) is 0 Å². The predicted octanol–water partition coefficient (Wildman–Crippen LogP) is 4.46. The smallest absolute Gasteiger partial charge is 0.248 e. The monoisotopic (exact) mass is 383 g/mol. The summed E-state index contributed by atoms with van der Waals surface area (Å²) in [5.41, 5.74) is 3.33. The highest BCUT2D eigenvalue weighted by molar-refractivity contribution is 9.10. The van der Waals surface area contributed by atoms with Crippen LogP contribution in [-0.4, -0.2) is 16.1 Å². The minimum absolute atomic E-state index is 0.212. The topological polar surface area (TPSA) is 68.0 Å². The van der Waals surface area contributed by atoms with E-state index in [1.807, 2.05) is 49.4 Å². The van der Waals surface area contributed by atoms with E-state index in [-0.39, 0.29) is 5.91 Å². The van der Waals surface area contributed by atoms with Gasteiger partial charge in [0, 0.05) is 21.8 Å². The number of halogens is 1. The van der Waals surface area contributed by atoms with Crippen LogP contribution in [0.2, 0.25) is 0 Å². The van der Waals surface area contributed by atoms with Crippen molar-refractivity contribution in [2.24, 2.45) is 0 Å². The molecule has 0 unspecified atom stereocenters. The fourth-order valence-corrected chi connectivity index (χ4v) is 2.56. The first-order chi connectivity index (χ1) is 11.6. The van der Waals surface area contributed by atoms with E-state index in [1.54, 1.807) is 6.08 Å². The van der Waals surface area contributed by atoms with E-state index in [0.717, 1.165) is 21.2 Å². The molecule has 0 saturated heterocycles. The van der Waals surface area contributed by atoms with Crippen molar-refractivity contribution in [2.45, 2.75) is 6.92 Å². The number of benzene rings is 2. The summed E-state index contributed by atoms with van der Waals surface area (Å²) in [6.07, 6.45) is 4.53. The summed E-state index contributed by atoms with van der Waals surface area (Å²) >= 11 is 3.45. The Labute approximate surface area is 147 Å². The highest BCUT2D eigenvalue weighted by atomic mass is 79.9. The maximum atomic E-state index is 12.2. The average Bonchev–Trinajstić information content (AvgIpc) is 3.11. The Hall–Kier alpha value is -2.73. The minimum Gasteiger partial charge on any atom is -0.423 e. The lowest BCUT2D eigenvalue weighted by atomic mass is 10.1. The molecule has 0 fully saturated rings. The van der Waals surface area contributed by atoms with Crippen LogP contribution in [0, 0.1) is 6.92 Å². The average molecular weight is 384 g/mol. The van der Waals surface area contributed by atoms with E-state index < -0.39 is 0 Å². The van der Waals surface area contributed by atoms with Crippen molar-refractivity contribution in [1.82, 2.24) is 10.2 Å². The summed E-state index contributed by atoms with van der Waals surface area (Å²) in [6.45, 7) is 1.92. The van der Waals surface area contributed by atoms with E-state index in [4.69, 9.17) is 4.42 Å². The molecule has 24 heavy (non-hydrogen) atoms. The zero-order valence-corrected chi connectivity index (χ0v) is 14.4. The van der Waals surface area contributed by atoms with E-state index in [1.165, 1.54) is 12.5 Å². The van der Waals surface area contributed by atoms with Crippen LogP contribution in [0.25, 0.3) is 17.5 Å². The molecule has 0 spiro atoms. The van der Waals surface area contributed by atoms with Gasteiger partial charge in [0.2, 0.25) is 18.2 Å². The lowest BCUT2D eigenvalue weighted by Crippen LogP contribution is -2.09. The molecule has 0 aliphatic rings. The van der Waals surface area contributed by atoms with Crippen LogP contribution < -0.4 is 5.32 Å². The molecule has 3 rings (SSSR count). The second-order valence-corrected chi connectivity index (χ2v) is 5.97. The first-order valence-corrected chi connectivity index (χ1v) is 8.03. The first kappa shape index (κ1) is 16.1. The molecule has 0 radical (unpaired) electrons. The zero-order valence-electron chi connectivity index (χ0n) is 12.9. The third-order valence-electron chi connectivity index (χ3n) is 3.42. The molecule has 1 N–H and O–H groups in total. The molecule has 0 aliphatic carbocycles. The van der Waals surface area contributed by atoms with Gasteiger partial charge in [-0.15, -0.1) is 10.2 Å². The molecule has 1 aromatic heterocycles. The molecular weight excluding hydrogens is 370 g/mol. The summed E-state index contributed by atoms with van der Waals surface area (Å²) in [7, 11) is 0. The summed E-state index contributed by atoms with van der Waals surface area (Å²) in [5, 5.41) is 10.4. The fourth-order valence-electron chi connectivity index (χ4n) is 2.14. The van der Waals surface area contributed by atoms with Gasteiger partial charge in [0.05, 0.1) is 0 Å². The number of rotatable bonds is 4. The summed E-state index contributed by atoms with van der Waals surface area (Å²) < 4.78 is 6.12. The number of aryl methyl sites for hydroxylation is 1. The normalized spacial score (nSPS) is 10.9. The van der Waals surface area contributed by atoms with Crippen molar-refractivity contribution < 1.29 is 9.21 Å². The summed E-state index contributed by atoms with van der Waals surface area (Å²) in [4.78, 5) is 12.2. The van der Waals surface area contributed by atoms with Crippen molar-refractivity contribution >= 4 is 33.6 Å². The van der Waals surface area contributed by atoms with Gasteiger partial charge < -0.3 is 9.73 Å². The summed E-state index contributed by atoms with van der Waals surface area (Å²) in [6, 6.07) is 13.3. The van der Waals surface area contributed by atoms with Crippen molar-refractivity contribution in [3.05, 3.63) is 70.5 Å². The number of amides is 1. The molecule has 1 heterocycles. The van der Waals surface area contributed by atoms with Gasteiger partial charge in [0.15, 0.2) is 0 Å². The van der Waals surface area contributed by atoms with Crippen LogP contribution in [0.15, 0.2) is 63.8 Å². The van der Waals surface area contributed by atoms with Crippen LogP contribution >= 0.6 is 15.9 Å². The second-order valence-electron chi connectivity index (χ2n) is 5.12. The van der Waals surface area contributed by atoms with Gasteiger partial charge in [0.1, 0.15) is 0 Å². The predicted molar refractivity (Wildman–Crippen MR) is 96.3 cm³/mol. The molecule has 0 atom stereocenters. The van der Waals surface area contributed by atoms with Gasteiger partial charge in [-0.3, -0.25) is 4.79 Å². The Morgan fingerprint density at radius 3 is 2.83 bits per heavy atom. The summed E-state index contributed by atoms with van der Waals surface area (Å²) in [5.74, 6) is 0.200. The Kier molecular flexibility index (Phi) is 4.86. The molecule has 0 aliphatic heterocycles. The highest BCUT2D eigenvalue weighted by Gasteiger charge is 2.08. The zero-order chi connectivity index (χ0) is 16.9. The van der Waals surface area contributed by atoms with Crippen LogP contribution in [0.3, 0.4) is 0 Å². The van der Waals surface area contributed by atoms with Gasteiger partial charge >= 0.3 is 0 Å². The lowest BCUT2D eigenvalue weighted by Gasteiger charge is -2.07. The van der Waals surface area contributed by atoms with Gasteiger partial charge in [-0.05, 0) is 42.3 Å². The number of anilines is 1. The van der Waals surface area contributed by atoms with Crippen LogP contribution in [0.5, 0.6) is 0 Å². The number of carbonyl (C=O) groups excluding carboxylic acids is 1. The quantitative estimate of drug-likeness (QED) is 0.675. The first-order valence-electron chi connectivity index (χ1n) is 7.24. The van der Waals surface area contributed by atoms with E-state index in [2.05, 4.69) is 31.4 Å². The van der Waals surface area contributed by atoms with Crippen molar-refractivity contribution in [1.29, 1.82) is 0 Å². The maximum Gasteiger partial charge on any atom is 0.248 e. The molecule has 120 valence electrons. The number of hydrogen-bond acceptors (Lipinski definition) is 4. The fraction of sp³-hybridized carbons (Fsp3) is 0.0556. The lowest BCUT2D eigenvalue weighted by molar-refractivity contribution is -0.111. The molecule has 1 amide bonds. The van der Waals surface area contributed by atoms with Gasteiger partial charge in [-0.25, -0.2) is 0 Å². The molecule has 2 aromatic carbocycles. The van der Waals surface area contributed by atoms with Crippen LogP contribution in [-0.2, 0) is 4.79 Å². The van der Waals surface area contributed by atoms with Gasteiger partial charge in [0.25, 0.3) is 0 Å². The largest absolute Gasteiger partial charge is 0.423 e. The Bertz CT molecular complexity index is 889. The minimum atomic E-state index is -0.212. The van der Waals surface area contributed by atoms with Crippen molar-refractivity contribution in [3.63, 3.8) is 0 Å². The van der Waals surface area contributed by atoms with Gasteiger partial charge in [-0.1, -0.05) is 40.2 Å².